The van der Waals surface area contributed by atoms with Crippen LogP contribution in [0.5, 0.6) is 0 Å². The van der Waals surface area contributed by atoms with Crippen molar-refractivity contribution in [2.75, 3.05) is 4.90 Å². The van der Waals surface area contributed by atoms with E-state index in [0.29, 0.717) is 0 Å². The number of benzene rings is 2. The summed E-state index contributed by atoms with van der Waals surface area (Å²) in [6, 6.07) is 16.4. The molecule has 4 rings (SSSR count). The third-order valence-corrected chi connectivity index (χ3v) is 7.37. The average molecular weight is 466 g/mol. The van der Waals surface area contributed by atoms with E-state index in [2.05, 4.69) is 127 Å². The Balaban J connectivity index is 1.75. The smallest absolute Gasteiger partial charge is 0.0455 e. The van der Waals surface area contributed by atoms with Crippen LogP contribution >= 0.6 is 0 Å². The number of allylic oxidation sites excluding steroid dienone is 8. The standard InChI is InChI=1S/C34H43N/c1-24-9-15-30(16-10-24)35(31-17-11-25(2)12-18-31)32-19-13-26(14-20-32)27-21-28(33(3,4)5)23-29(22-27)34(6,7)8/h9,11,13-15,17,19-23H,10,12,16,18H2,1-8H3. The van der Waals surface area contributed by atoms with Crippen LogP contribution in [-0.4, -0.2) is 0 Å². The van der Waals surface area contributed by atoms with Gasteiger partial charge in [0.2, 0.25) is 0 Å². The minimum Gasteiger partial charge on any atom is -0.318 e. The molecular weight excluding hydrogens is 422 g/mol. The van der Waals surface area contributed by atoms with Crippen LogP contribution in [0, 0.1) is 0 Å². The van der Waals surface area contributed by atoms with Crippen LogP contribution in [0.2, 0.25) is 0 Å². The van der Waals surface area contributed by atoms with Gasteiger partial charge in [0.05, 0.1) is 0 Å². The molecule has 0 spiro atoms. The summed E-state index contributed by atoms with van der Waals surface area (Å²) in [5.41, 5.74) is 12.6. The lowest BCUT2D eigenvalue weighted by molar-refractivity contribution is 0.569. The number of hydrogen-bond acceptors (Lipinski definition) is 1. The van der Waals surface area contributed by atoms with E-state index in [1.54, 1.807) is 0 Å². The predicted molar refractivity (Wildman–Crippen MR) is 154 cm³/mol. The minimum atomic E-state index is 0.116. The zero-order valence-electron chi connectivity index (χ0n) is 23.1. The lowest BCUT2D eigenvalue weighted by atomic mass is 9.79. The second kappa shape index (κ2) is 9.69. The molecule has 0 N–H and O–H groups in total. The Labute approximate surface area is 214 Å². The maximum atomic E-state index is 2.50. The molecule has 0 aliphatic heterocycles. The Bertz CT molecular complexity index is 1130. The summed E-state index contributed by atoms with van der Waals surface area (Å²) in [4.78, 5) is 2.50. The number of hydrogen-bond donors (Lipinski definition) is 0. The van der Waals surface area contributed by atoms with Crippen molar-refractivity contribution in [3.8, 4) is 11.1 Å². The summed E-state index contributed by atoms with van der Waals surface area (Å²) in [6.45, 7) is 18.3. The molecule has 0 heterocycles. The SMILES string of the molecule is CC1=CC=C(N(C2=CC=C(C)CC2)c2ccc(-c3cc(C(C)(C)C)cc(C(C)(C)C)c3)cc2)CC1. The van der Waals surface area contributed by atoms with Gasteiger partial charge in [-0.2, -0.15) is 0 Å². The predicted octanol–water partition coefficient (Wildman–Crippen LogP) is 10.0. The molecule has 35 heavy (non-hydrogen) atoms. The highest BCUT2D eigenvalue weighted by Crippen LogP contribution is 2.37. The van der Waals surface area contributed by atoms with Crippen molar-refractivity contribution in [1.82, 2.24) is 0 Å². The van der Waals surface area contributed by atoms with Crippen molar-refractivity contribution in [3.63, 3.8) is 0 Å². The van der Waals surface area contributed by atoms with Crippen LogP contribution in [0.4, 0.5) is 5.69 Å². The van der Waals surface area contributed by atoms with E-state index in [9.17, 15) is 0 Å². The highest BCUT2D eigenvalue weighted by Gasteiger charge is 2.22. The molecule has 0 aromatic heterocycles. The zero-order chi connectivity index (χ0) is 25.4. The molecule has 0 bridgehead atoms. The van der Waals surface area contributed by atoms with E-state index in [4.69, 9.17) is 0 Å². The molecule has 2 aromatic carbocycles. The third kappa shape index (κ3) is 5.89. The van der Waals surface area contributed by atoms with Crippen LogP contribution in [0.15, 0.2) is 89.3 Å². The molecule has 0 saturated heterocycles. The third-order valence-electron chi connectivity index (χ3n) is 7.37. The van der Waals surface area contributed by atoms with Gasteiger partial charge in [-0.25, -0.2) is 0 Å². The van der Waals surface area contributed by atoms with Gasteiger partial charge in [0.25, 0.3) is 0 Å². The zero-order valence-corrected chi connectivity index (χ0v) is 23.1. The summed E-state index contributed by atoms with van der Waals surface area (Å²) < 4.78 is 0. The van der Waals surface area contributed by atoms with Crippen molar-refractivity contribution in [2.24, 2.45) is 0 Å². The van der Waals surface area contributed by atoms with Gasteiger partial charge >= 0.3 is 0 Å². The monoisotopic (exact) mass is 465 g/mol. The molecule has 0 unspecified atom stereocenters. The number of nitrogens with zero attached hydrogens (tertiary/aromatic N) is 1. The van der Waals surface area contributed by atoms with Gasteiger partial charge in [0.15, 0.2) is 0 Å². The Morgan fingerprint density at radius 1 is 0.543 bits per heavy atom. The van der Waals surface area contributed by atoms with Gasteiger partial charge in [-0.15, -0.1) is 0 Å². The van der Waals surface area contributed by atoms with E-state index in [-0.39, 0.29) is 10.8 Å². The average Bonchev–Trinajstić information content (AvgIpc) is 2.81. The summed E-state index contributed by atoms with van der Waals surface area (Å²) in [6.07, 6.45) is 13.7. The first-order valence-corrected chi connectivity index (χ1v) is 13.2. The molecule has 0 radical (unpaired) electrons. The largest absolute Gasteiger partial charge is 0.318 e. The molecule has 2 aliphatic carbocycles. The second-order valence-electron chi connectivity index (χ2n) is 12.5. The fraction of sp³-hybridized carbons (Fsp3) is 0.412. The summed E-state index contributed by atoms with van der Waals surface area (Å²) in [7, 11) is 0. The van der Waals surface area contributed by atoms with Crippen molar-refractivity contribution in [3.05, 3.63) is 100 Å². The quantitative estimate of drug-likeness (QED) is 0.434. The van der Waals surface area contributed by atoms with Crippen LogP contribution < -0.4 is 4.90 Å². The highest BCUT2D eigenvalue weighted by molar-refractivity contribution is 5.70. The molecule has 1 nitrogen and oxygen atoms in total. The Kier molecular flexibility index (Phi) is 7.00. The molecule has 1 heteroatoms. The topological polar surface area (TPSA) is 3.24 Å². The first kappa shape index (κ1) is 25.3. The van der Waals surface area contributed by atoms with Crippen molar-refractivity contribution >= 4 is 5.69 Å². The highest BCUT2D eigenvalue weighted by atomic mass is 15.2. The van der Waals surface area contributed by atoms with Gasteiger partial charge in [-0.1, -0.05) is 95.2 Å². The van der Waals surface area contributed by atoms with Crippen molar-refractivity contribution in [1.29, 1.82) is 0 Å². The van der Waals surface area contributed by atoms with E-state index in [1.807, 2.05) is 0 Å². The number of anilines is 1. The summed E-state index contributed by atoms with van der Waals surface area (Å²) in [5.74, 6) is 0. The molecule has 0 fully saturated rings. The Hall–Kier alpha value is -2.80. The van der Waals surface area contributed by atoms with Crippen LogP contribution in [-0.2, 0) is 10.8 Å². The molecule has 184 valence electrons. The Morgan fingerprint density at radius 2 is 1.00 bits per heavy atom. The molecule has 0 atom stereocenters. The second-order valence-corrected chi connectivity index (χ2v) is 12.5. The first-order valence-electron chi connectivity index (χ1n) is 13.2. The molecule has 2 aliphatic rings. The fourth-order valence-corrected chi connectivity index (χ4v) is 4.81. The summed E-state index contributed by atoms with van der Waals surface area (Å²) in [5, 5.41) is 0. The van der Waals surface area contributed by atoms with Crippen LogP contribution in [0.25, 0.3) is 11.1 Å². The van der Waals surface area contributed by atoms with Gasteiger partial charge in [0.1, 0.15) is 0 Å². The van der Waals surface area contributed by atoms with Gasteiger partial charge < -0.3 is 4.90 Å². The van der Waals surface area contributed by atoms with Gasteiger partial charge in [-0.3, -0.25) is 0 Å². The lowest BCUT2D eigenvalue weighted by Gasteiger charge is -2.33. The Morgan fingerprint density at radius 3 is 1.37 bits per heavy atom. The van der Waals surface area contributed by atoms with E-state index < -0.39 is 0 Å². The molecule has 2 aromatic rings. The van der Waals surface area contributed by atoms with E-state index in [0.717, 1.165) is 25.7 Å². The van der Waals surface area contributed by atoms with Crippen LogP contribution in [0.3, 0.4) is 0 Å². The molecule has 0 saturated carbocycles. The number of rotatable bonds is 4. The first-order chi connectivity index (χ1) is 16.4. The molecular formula is C34H43N. The van der Waals surface area contributed by atoms with E-state index in [1.165, 1.54) is 50.5 Å². The lowest BCUT2D eigenvalue weighted by Crippen LogP contribution is -2.23. The maximum absolute atomic E-state index is 2.50. The van der Waals surface area contributed by atoms with Gasteiger partial charge in [0, 0.05) is 17.1 Å². The van der Waals surface area contributed by atoms with Crippen molar-refractivity contribution in [2.45, 2.75) is 91.9 Å². The van der Waals surface area contributed by atoms with Gasteiger partial charge in [-0.05, 0) is 96.9 Å². The fourth-order valence-electron chi connectivity index (χ4n) is 4.81. The van der Waals surface area contributed by atoms with E-state index >= 15 is 0 Å². The van der Waals surface area contributed by atoms with Crippen LogP contribution in [0.1, 0.15) is 92.2 Å². The summed E-state index contributed by atoms with van der Waals surface area (Å²) >= 11 is 0. The van der Waals surface area contributed by atoms with Crippen molar-refractivity contribution < 1.29 is 0 Å². The normalized spacial score (nSPS) is 16.8. The maximum Gasteiger partial charge on any atom is 0.0455 e. The minimum absolute atomic E-state index is 0.116. The molecule has 0 amide bonds.